The average molecular weight is 874 g/mol. The van der Waals surface area contributed by atoms with Crippen LogP contribution in [0.5, 0.6) is 0 Å². The summed E-state index contributed by atoms with van der Waals surface area (Å²) in [5.74, 6) is -1.16. The number of rotatable bonds is 16. The number of hydrogen-bond donors (Lipinski definition) is 4. The highest BCUT2D eigenvalue weighted by atomic mass is 79.9. The molecule has 5 aliphatic rings. The molecule has 316 valence electrons. The van der Waals surface area contributed by atoms with Gasteiger partial charge in [0.1, 0.15) is 18.2 Å². The number of Topliss-reactive ketones (excluding diaryl/α,β-unsaturated/α-hetero) is 3. The van der Waals surface area contributed by atoms with Gasteiger partial charge in [0.2, 0.25) is 5.91 Å². The number of hydrogen-bond acceptors (Lipinski definition) is 10. The number of halogens is 1. The maximum atomic E-state index is 13.9. The first-order chi connectivity index (χ1) is 28.1. The van der Waals surface area contributed by atoms with Gasteiger partial charge in [-0.3, -0.25) is 24.0 Å². The second-order valence-electron chi connectivity index (χ2n) is 18.0. The van der Waals surface area contributed by atoms with E-state index in [1.165, 1.54) is 0 Å². The van der Waals surface area contributed by atoms with Crippen LogP contribution < -0.4 is 10.6 Å². The van der Waals surface area contributed by atoms with Crippen LogP contribution in [0.15, 0.2) is 72.3 Å². The van der Waals surface area contributed by atoms with E-state index in [-0.39, 0.29) is 47.4 Å². The van der Waals surface area contributed by atoms with Crippen molar-refractivity contribution >= 4 is 50.7 Å². The second-order valence-corrected chi connectivity index (χ2v) is 18.5. The molecule has 0 aromatic heterocycles. The van der Waals surface area contributed by atoms with Crippen molar-refractivity contribution in [2.24, 2.45) is 34.5 Å². The minimum absolute atomic E-state index is 0.0139. The highest BCUT2D eigenvalue weighted by molar-refractivity contribution is 9.09. The molecule has 59 heavy (non-hydrogen) atoms. The average Bonchev–Trinajstić information content (AvgIpc) is 3.72. The van der Waals surface area contributed by atoms with E-state index in [9.17, 15) is 34.2 Å². The Kier molecular flexibility index (Phi) is 12.8. The summed E-state index contributed by atoms with van der Waals surface area (Å²) >= 11 is 3.16. The second kappa shape index (κ2) is 17.4. The van der Waals surface area contributed by atoms with E-state index in [0.29, 0.717) is 49.7 Å². The number of anilines is 1. The Morgan fingerprint density at radius 2 is 1.81 bits per heavy atom. The van der Waals surface area contributed by atoms with Crippen LogP contribution in [0, 0.1) is 34.5 Å². The monoisotopic (exact) mass is 872 g/mol. The Balaban J connectivity index is 0.976. The molecule has 1 heterocycles. The van der Waals surface area contributed by atoms with Crippen LogP contribution in [0.4, 0.5) is 5.69 Å². The molecule has 4 fully saturated rings. The van der Waals surface area contributed by atoms with Crippen molar-refractivity contribution in [3.63, 3.8) is 0 Å². The summed E-state index contributed by atoms with van der Waals surface area (Å²) in [6.07, 6.45) is 7.35. The third-order valence-electron chi connectivity index (χ3n) is 14.3. The number of fused-ring (bicyclic) bond motifs is 7. The normalized spacial score (nSPS) is 32.9. The zero-order valence-corrected chi connectivity index (χ0v) is 36.0. The molecule has 4 aliphatic carbocycles. The van der Waals surface area contributed by atoms with Crippen molar-refractivity contribution in [1.29, 1.82) is 0 Å². The number of alkyl halides is 1. The number of carbonyl (C=O) groups is 5. The number of nitrogens with one attached hydrogen (secondary N) is 2. The topological polar surface area (TPSA) is 168 Å². The number of carbonyl (C=O) groups excluding carboxylic acids is 5. The van der Waals surface area contributed by atoms with Gasteiger partial charge in [-0.15, -0.1) is 0 Å². The van der Waals surface area contributed by atoms with Gasteiger partial charge >= 0.3 is 0 Å². The first-order valence-electron chi connectivity index (χ1n) is 21.1. The lowest BCUT2D eigenvalue weighted by Gasteiger charge is -2.59. The van der Waals surface area contributed by atoms with Gasteiger partial charge in [0.05, 0.1) is 23.6 Å². The number of aliphatic hydroxyl groups excluding tert-OH is 2. The van der Waals surface area contributed by atoms with E-state index in [2.05, 4.69) is 33.5 Å². The van der Waals surface area contributed by atoms with Crippen molar-refractivity contribution < 1.29 is 43.7 Å². The van der Waals surface area contributed by atoms with Gasteiger partial charge in [0, 0.05) is 46.8 Å². The smallest absolute Gasteiger partial charge is 0.227 e. The third kappa shape index (κ3) is 8.13. The molecule has 12 heteroatoms. The first kappa shape index (κ1) is 43.4. The Morgan fingerprint density at radius 1 is 1.05 bits per heavy atom. The van der Waals surface area contributed by atoms with Crippen molar-refractivity contribution in [2.45, 2.75) is 109 Å². The molecule has 1 amide bonds. The molecule has 11 nitrogen and oxygen atoms in total. The van der Waals surface area contributed by atoms with Gasteiger partial charge in [-0.05, 0) is 99.2 Å². The van der Waals surface area contributed by atoms with Crippen LogP contribution >= 0.6 is 15.9 Å². The van der Waals surface area contributed by atoms with Gasteiger partial charge in [-0.1, -0.05) is 84.7 Å². The molecule has 4 N–H and O–H groups in total. The minimum atomic E-state index is -1.42. The maximum Gasteiger partial charge on any atom is 0.227 e. The van der Waals surface area contributed by atoms with E-state index in [0.717, 1.165) is 35.1 Å². The molecular formula is C47H57BrN2O9. The third-order valence-corrected chi connectivity index (χ3v) is 14.9. The predicted octanol–water partition coefficient (Wildman–Crippen LogP) is 6.14. The minimum Gasteiger partial charge on any atom is -0.393 e. The Bertz CT molecular complexity index is 2030. The van der Waals surface area contributed by atoms with Crippen molar-refractivity contribution in [3.8, 4) is 0 Å². The van der Waals surface area contributed by atoms with Crippen LogP contribution in [-0.4, -0.2) is 81.6 Å². The molecule has 0 unspecified atom stereocenters. The Morgan fingerprint density at radius 3 is 2.54 bits per heavy atom. The highest BCUT2D eigenvalue weighted by Gasteiger charge is 2.75. The van der Waals surface area contributed by atoms with E-state index < -0.39 is 59.3 Å². The van der Waals surface area contributed by atoms with Crippen molar-refractivity contribution in [3.05, 3.63) is 89.0 Å². The Hall–Kier alpha value is -3.65. The maximum absolute atomic E-state index is 13.9. The lowest BCUT2D eigenvalue weighted by atomic mass is 9.46. The summed E-state index contributed by atoms with van der Waals surface area (Å²) in [6.45, 7) is 7.52. The summed E-state index contributed by atoms with van der Waals surface area (Å²) in [5, 5.41) is 28.7. The lowest BCUT2D eigenvalue weighted by Crippen LogP contribution is -2.63. The predicted molar refractivity (Wildman–Crippen MR) is 226 cm³/mol. The quantitative estimate of drug-likeness (QED) is 0.114. The zero-order valence-electron chi connectivity index (χ0n) is 34.4. The van der Waals surface area contributed by atoms with Crippen LogP contribution in [0.25, 0.3) is 0 Å². The molecule has 0 bridgehead atoms. The largest absolute Gasteiger partial charge is 0.393 e. The summed E-state index contributed by atoms with van der Waals surface area (Å²) < 4.78 is 13.4. The zero-order chi connectivity index (χ0) is 42.3. The van der Waals surface area contributed by atoms with Crippen LogP contribution in [0.3, 0.4) is 0 Å². The van der Waals surface area contributed by atoms with E-state index in [1.54, 1.807) is 26.0 Å². The Labute approximate surface area is 354 Å². The van der Waals surface area contributed by atoms with Gasteiger partial charge in [-0.2, -0.15) is 0 Å². The lowest BCUT2D eigenvalue weighted by molar-refractivity contribution is -0.201. The fraction of sp³-hybridized carbons (Fsp3) is 0.553. The number of benzene rings is 2. The van der Waals surface area contributed by atoms with Crippen LogP contribution in [0.1, 0.15) is 95.6 Å². The molecule has 0 radical (unpaired) electrons. The van der Waals surface area contributed by atoms with Crippen LogP contribution in [0.2, 0.25) is 0 Å². The number of ketones is 4. The first-order valence-corrected chi connectivity index (χ1v) is 22.2. The summed E-state index contributed by atoms with van der Waals surface area (Å²) in [6, 6.07) is 15.0. The SMILES string of the molecule is C[C@H](CC(=O)[C@H](C)NCCCC(=O)CBr)C(=O)Nc1cccc(Cc2ccc([C@@H]3O[C@@H]4C[C@H]5[C@@H]6CCC7=CC(=O)C=C[C@]7(C)[C@H]6[C@@H](O)C[C@]5(C)[C@]4(C(=O)CO)O3)cc2)c1. The molecule has 2 aromatic rings. The molecule has 7 rings (SSSR count). The molecular weight excluding hydrogens is 816 g/mol. The van der Waals surface area contributed by atoms with Gasteiger partial charge in [-0.25, -0.2) is 0 Å². The molecule has 2 aromatic carbocycles. The van der Waals surface area contributed by atoms with E-state index >= 15 is 0 Å². The van der Waals surface area contributed by atoms with Gasteiger partial charge in [0.25, 0.3) is 0 Å². The van der Waals surface area contributed by atoms with Crippen molar-refractivity contribution in [2.75, 3.05) is 23.8 Å². The molecule has 11 atom stereocenters. The van der Waals surface area contributed by atoms with Crippen LogP contribution in [-0.2, 0) is 39.9 Å². The summed E-state index contributed by atoms with van der Waals surface area (Å²) in [4.78, 5) is 63.5. The van der Waals surface area contributed by atoms with Crippen molar-refractivity contribution in [1.82, 2.24) is 5.32 Å². The highest BCUT2D eigenvalue weighted by Crippen LogP contribution is 2.70. The number of aliphatic hydroxyl groups is 2. The molecule has 1 aliphatic heterocycles. The van der Waals surface area contributed by atoms with Gasteiger partial charge < -0.3 is 30.3 Å². The van der Waals surface area contributed by atoms with E-state index in [1.807, 2.05) is 61.5 Å². The summed E-state index contributed by atoms with van der Waals surface area (Å²) in [7, 11) is 0. The number of allylic oxidation sites excluding steroid dienone is 4. The summed E-state index contributed by atoms with van der Waals surface area (Å²) in [5.41, 5.74) is 1.80. The van der Waals surface area contributed by atoms with Gasteiger partial charge in [0.15, 0.2) is 23.5 Å². The number of amides is 1. The standard InChI is InChI=1S/C47H57BrN2O9/c1-27(19-38(54)28(2)49-18-6-9-35(53)25-48)43(57)50-33-8-5-7-30(21-33)20-29-10-12-31(13-11-29)44-58-41-23-37-36-15-14-32-22-34(52)16-17-45(32,3)42(36)39(55)24-46(37,4)47(41,59-44)40(56)26-51/h5,7-8,10-13,16-17,21-22,27-28,36-37,39,41-42,44,49,51,55H,6,9,14-15,18-20,23-26H2,1-4H3,(H,50,57)/t27-,28+,36+,37+,39+,41-,42-,44-,45+,46+,47-/m1/s1. The molecule has 3 saturated carbocycles. The fourth-order valence-corrected chi connectivity index (χ4v) is 11.5. The van der Waals surface area contributed by atoms with E-state index in [4.69, 9.17) is 9.47 Å². The number of ether oxygens (including phenoxy) is 2. The molecule has 1 saturated heterocycles. The molecule has 0 spiro atoms. The fourth-order valence-electron chi connectivity index (χ4n) is 11.2.